The quantitative estimate of drug-likeness (QED) is 0.652. The van der Waals surface area contributed by atoms with Crippen molar-refractivity contribution in [3.8, 4) is 0 Å². The Morgan fingerprint density at radius 2 is 1.86 bits per heavy atom. The average molecular weight is 444 g/mol. The third-order valence-electron chi connectivity index (χ3n) is 6.52. The summed E-state index contributed by atoms with van der Waals surface area (Å²) in [5.41, 5.74) is 1.39. The summed E-state index contributed by atoms with van der Waals surface area (Å²) in [4.78, 5) is 17.5. The maximum atomic E-state index is 12.9. The summed E-state index contributed by atoms with van der Waals surface area (Å²) in [7, 11) is 0. The summed E-state index contributed by atoms with van der Waals surface area (Å²) in [5.74, 6) is 2.20. The molecule has 0 bridgehead atoms. The van der Waals surface area contributed by atoms with Gasteiger partial charge >= 0.3 is 0 Å². The predicted molar refractivity (Wildman–Crippen MR) is 126 cm³/mol. The van der Waals surface area contributed by atoms with Gasteiger partial charge < -0.3 is 10.2 Å². The summed E-state index contributed by atoms with van der Waals surface area (Å²) >= 11 is 0. The van der Waals surface area contributed by atoms with Crippen LogP contribution in [-0.4, -0.2) is 55.0 Å². The monoisotopic (exact) mass is 443 g/mol. The lowest BCUT2D eigenvalue weighted by atomic mass is 9.84. The molecule has 1 aromatic carbocycles. The molecule has 2 heterocycles. The van der Waals surface area contributed by atoms with Crippen LogP contribution in [-0.2, 0) is 11.3 Å². The number of rotatable bonds is 8. The fourth-order valence-corrected chi connectivity index (χ4v) is 4.75. The SMILES string of the molecule is CCN(CC1CCN(Cc2ccccc2)C1)C(=O)CC(C)C1CCNCC1.Cl.Cl. The van der Waals surface area contributed by atoms with Crippen LogP contribution in [0.15, 0.2) is 30.3 Å². The van der Waals surface area contributed by atoms with Crippen molar-refractivity contribution in [2.75, 3.05) is 39.3 Å². The van der Waals surface area contributed by atoms with E-state index in [4.69, 9.17) is 0 Å². The molecule has 2 aliphatic rings. The summed E-state index contributed by atoms with van der Waals surface area (Å²) in [6, 6.07) is 10.7. The first-order valence-electron chi connectivity index (χ1n) is 10.9. The van der Waals surface area contributed by atoms with E-state index < -0.39 is 0 Å². The number of benzene rings is 1. The average Bonchev–Trinajstić information content (AvgIpc) is 3.14. The van der Waals surface area contributed by atoms with Gasteiger partial charge in [-0.15, -0.1) is 24.8 Å². The maximum Gasteiger partial charge on any atom is 0.222 e. The van der Waals surface area contributed by atoms with E-state index in [9.17, 15) is 4.79 Å². The summed E-state index contributed by atoms with van der Waals surface area (Å²) in [6.07, 6.45) is 4.37. The van der Waals surface area contributed by atoms with Gasteiger partial charge in [0.1, 0.15) is 0 Å². The Balaban J connectivity index is 0.00000210. The largest absolute Gasteiger partial charge is 0.343 e. The normalized spacial score (nSPS) is 21.1. The Morgan fingerprint density at radius 1 is 1.17 bits per heavy atom. The zero-order valence-electron chi connectivity index (χ0n) is 18.0. The second-order valence-electron chi connectivity index (χ2n) is 8.58. The number of nitrogens with zero attached hydrogens (tertiary/aromatic N) is 2. The van der Waals surface area contributed by atoms with Crippen LogP contribution < -0.4 is 5.32 Å². The Labute approximate surface area is 189 Å². The highest BCUT2D eigenvalue weighted by atomic mass is 35.5. The molecule has 29 heavy (non-hydrogen) atoms. The van der Waals surface area contributed by atoms with E-state index in [2.05, 4.69) is 59.3 Å². The molecule has 0 aliphatic carbocycles. The molecule has 1 N–H and O–H groups in total. The molecule has 166 valence electrons. The van der Waals surface area contributed by atoms with Crippen LogP contribution in [0.2, 0.25) is 0 Å². The Hall–Kier alpha value is -0.810. The van der Waals surface area contributed by atoms with Gasteiger partial charge in [-0.1, -0.05) is 37.3 Å². The van der Waals surface area contributed by atoms with Crippen LogP contribution in [0.3, 0.4) is 0 Å². The van der Waals surface area contributed by atoms with Crippen LogP contribution >= 0.6 is 24.8 Å². The van der Waals surface area contributed by atoms with E-state index in [-0.39, 0.29) is 24.8 Å². The smallest absolute Gasteiger partial charge is 0.222 e. The molecule has 2 saturated heterocycles. The minimum absolute atomic E-state index is 0. The predicted octanol–water partition coefficient (Wildman–Crippen LogP) is 4.23. The number of hydrogen-bond acceptors (Lipinski definition) is 3. The Morgan fingerprint density at radius 3 is 2.52 bits per heavy atom. The van der Waals surface area contributed by atoms with Crippen LogP contribution in [0.25, 0.3) is 0 Å². The van der Waals surface area contributed by atoms with Gasteiger partial charge in [0.2, 0.25) is 5.91 Å². The van der Waals surface area contributed by atoms with Crippen LogP contribution in [0.1, 0.15) is 45.1 Å². The molecule has 4 nitrogen and oxygen atoms in total. The van der Waals surface area contributed by atoms with Gasteiger partial charge in [-0.05, 0) is 69.1 Å². The highest BCUT2D eigenvalue weighted by Crippen LogP contribution is 2.26. The number of hydrogen-bond donors (Lipinski definition) is 1. The summed E-state index contributed by atoms with van der Waals surface area (Å²) in [6.45, 7) is 11.7. The molecule has 1 amide bonds. The van der Waals surface area contributed by atoms with Crippen LogP contribution in [0.5, 0.6) is 0 Å². The first kappa shape index (κ1) is 26.2. The molecule has 3 rings (SSSR count). The lowest BCUT2D eigenvalue weighted by Crippen LogP contribution is -2.38. The standard InChI is InChI=1S/C23H37N3O.2ClH/c1-3-26(23(27)15-19(2)22-9-12-24-13-10-22)18-21-11-14-25(17-21)16-20-7-5-4-6-8-20;;/h4-8,19,21-22,24H,3,9-18H2,1-2H3;2*1H. The van der Waals surface area contributed by atoms with Gasteiger partial charge in [0.15, 0.2) is 0 Å². The zero-order chi connectivity index (χ0) is 19.1. The van der Waals surface area contributed by atoms with Gasteiger partial charge in [-0.3, -0.25) is 9.69 Å². The van der Waals surface area contributed by atoms with E-state index >= 15 is 0 Å². The number of piperidine rings is 1. The van der Waals surface area contributed by atoms with Crippen molar-refractivity contribution in [1.82, 2.24) is 15.1 Å². The van der Waals surface area contributed by atoms with Gasteiger partial charge in [0, 0.05) is 32.6 Å². The lowest BCUT2D eigenvalue weighted by Gasteiger charge is -2.30. The zero-order valence-corrected chi connectivity index (χ0v) is 19.6. The third kappa shape index (κ3) is 8.09. The molecule has 2 unspecified atom stereocenters. The molecule has 2 aliphatic heterocycles. The van der Waals surface area contributed by atoms with Crippen molar-refractivity contribution in [2.24, 2.45) is 17.8 Å². The van der Waals surface area contributed by atoms with Crippen molar-refractivity contribution in [1.29, 1.82) is 0 Å². The highest BCUT2D eigenvalue weighted by molar-refractivity contribution is 5.85. The molecular weight excluding hydrogens is 405 g/mol. The number of nitrogens with one attached hydrogen (secondary N) is 1. The van der Waals surface area contributed by atoms with Gasteiger partial charge in [-0.25, -0.2) is 0 Å². The Kier molecular flexibility index (Phi) is 12.2. The van der Waals surface area contributed by atoms with Crippen molar-refractivity contribution < 1.29 is 4.79 Å². The van der Waals surface area contributed by atoms with Crippen LogP contribution in [0, 0.1) is 17.8 Å². The molecule has 2 fully saturated rings. The molecule has 1 aromatic rings. The minimum Gasteiger partial charge on any atom is -0.343 e. The van der Waals surface area contributed by atoms with E-state index in [1.807, 2.05) is 0 Å². The summed E-state index contributed by atoms with van der Waals surface area (Å²) < 4.78 is 0. The molecular formula is C23H39Cl2N3O. The first-order chi connectivity index (χ1) is 13.2. The third-order valence-corrected chi connectivity index (χ3v) is 6.52. The lowest BCUT2D eigenvalue weighted by molar-refractivity contribution is -0.133. The first-order valence-corrected chi connectivity index (χ1v) is 10.9. The van der Waals surface area contributed by atoms with Crippen molar-refractivity contribution in [3.63, 3.8) is 0 Å². The van der Waals surface area contributed by atoms with E-state index in [1.165, 1.54) is 24.8 Å². The second-order valence-corrected chi connectivity index (χ2v) is 8.58. The minimum atomic E-state index is 0. The van der Waals surface area contributed by atoms with Gasteiger partial charge in [0.25, 0.3) is 0 Å². The summed E-state index contributed by atoms with van der Waals surface area (Å²) in [5, 5.41) is 3.43. The van der Waals surface area contributed by atoms with E-state index in [0.29, 0.717) is 23.7 Å². The van der Waals surface area contributed by atoms with E-state index in [1.54, 1.807) is 0 Å². The fourth-order valence-electron chi connectivity index (χ4n) is 4.75. The van der Waals surface area contributed by atoms with Crippen molar-refractivity contribution in [2.45, 2.75) is 46.1 Å². The Bertz CT molecular complexity index is 581. The molecule has 0 radical (unpaired) electrons. The molecule has 2 atom stereocenters. The second kappa shape index (κ2) is 13.5. The number of likely N-dealkylation sites (tertiary alicyclic amines) is 1. The van der Waals surface area contributed by atoms with Gasteiger partial charge in [-0.2, -0.15) is 0 Å². The number of carbonyl (C=O) groups excluding carboxylic acids is 1. The fraction of sp³-hybridized carbons (Fsp3) is 0.696. The van der Waals surface area contributed by atoms with Crippen molar-refractivity contribution >= 4 is 30.7 Å². The van der Waals surface area contributed by atoms with Crippen LogP contribution in [0.4, 0.5) is 0 Å². The molecule has 0 saturated carbocycles. The molecule has 0 spiro atoms. The molecule has 6 heteroatoms. The topological polar surface area (TPSA) is 35.6 Å². The number of carbonyl (C=O) groups is 1. The van der Waals surface area contributed by atoms with Gasteiger partial charge in [0.05, 0.1) is 0 Å². The molecule has 0 aromatic heterocycles. The number of halogens is 2. The highest BCUT2D eigenvalue weighted by Gasteiger charge is 2.28. The van der Waals surface area contributed by atoms with Crippen molar-refractivity contribution in [3.05, 3.63) is 35.9 Å². The number of amides is 1. The van der Waals surface area contributed by atoms with E-state index in [0.717, 1.165) is 52.2 Å². The maximum absolute atomic E-state index is 12.9.